The van der Waals surface area contributed by atoms with E-state index in [0.717, 1.165) is 28.8 Å². The van der Waals surface area contributed by atoms with Crippen molar-refractivity contribution in [3.05, 3.63) is 89.5 Å². The van der Waals surface area contributed by atoms with Gasteiger partial charge >= 0.3 is 0 Å². The zero-order chi connectivity index (χ0) is 23.5. The third kappa shape index (κ3) is 4.64. The molecule has 0 fully saturated rings. The van der Waals surface area contributed by atoms with Gasteiger partial charge in [-0.25, -0.2) is 9.40 Å². The Morgan fingerprint density at radius 1 is 1.15 bits per heavy atom. The first-order valence-electron chi connectivity index (χ1n) is 10.5. The number of hydrogen-bond donors (Lipinski definition) is 0. The molecule has 1 aromatic heterocycles. The average molecular weight is 448 g/mol. The summed E-state index contributed by atoms with van der Waals surface area (Å²) in [5, 5.41) is 6.09. The number of nitrogens with zero attached hydrogens (tertiary/aromatic N) is 4. The minimum atomic E-state index is -0.503. The van der Waals surface area contributed by atoms with E-state index < -0.39 is 11.7 Å². The van der Waals surface area contributed by atoms with Gasteiger partial charge in [-0.15, -0.1) is 0 Å². The van der Waals surface area contributed by atoms with Crippen LogP contribution in [0.4, 0.5) is 4.39 Å². The molecule has 4 rings (SSSR count). The van der Waals surface area contributed by atoms with Crippen LogP contribution >= 0.6 is 0 Å². The molecule has 3 aromatic rings. The third-order valence-corrected chi connectivity index (χ3v) is 5.70. The number of likely N-dealkylation sites (N-methyl/N-ethyl adjacent to an activating group) is 1. The highest BCUT2D eigenvalue weighted by molar-refractivity contribution is 6.02. The second-order valence-corrected chi connectivity index (χ2v) is 7.95. The van der Waals surface area contributed by atoms with Crippen LogP contribution in [0.5, 0.6) is 5.75 Å². The fourth-order valence-electron chi connectivity index (χ4n) is 3.93. The summed E-state index contributed by atoms with van der Waals surface area (Å²) < 4.78 is 20.7. The van der Waals surface area contributed by atoms with Gasteiger partial charge in [0, 0.05) is 32.3 Å². The summed E-state index contributed by atoms with van der Waals surface area (Å²) in [5.41, 5.74) is 2.81. The summed E-state index contributed by atoms with van der Waals surface area (Å²) in [6.07, 6.45) is 2.47. The van der Waals surface area contributed by atoms with Gasteiger partial charge in [-0.1, -0.05) is 18.2 Å². The molecule has 170 valence electrons. The van der Waals surface area contributed by atoms with E-state index in [1.54, 1.807) is 7.11 Å². The molecule has 1 unspecified atom stereocenters. The standard InChI is InChI=1S/C25H25FN4O3/c1-28-13-5-8-22(28)21-15-23(17-9-11-20(33-3)12-10-17)30(27-21)24(31)16-29(2)25(32)18-6-4-7-19(26)14-18/h4-14,23H,15-16H2,1-3H3. The number of hydrazone groups is 1. The minimum Gasteiger partial charge on any atom is -0.497 e. The molecule has 1 aliphatic rings. The molecule has 0 radical (unpaired) electrons. The Morgan fingerprint density at radius 2 is 1.91 bits per heavy atom. The Kier molecular flexibility index (Phi) is 6.26. The fraction of sp³-hybridized carbons (Fsp3) is 0.240. The van der Waals surface area contributed by atoms with Crippen molar-refractivity contribution < 1.29 is 18.7 Å². The van der Waals surface area contributed by atoms with Crippen LogP contribution in [0.3, 0.4) is 0 Å². The molecule has 8 heteroatoms. The Bertz CT molecular complexity index is 1200. The van der Waals surface area contributed by atoms with Crippen molar-refractivity contribution in [1.82, 2.24) is 14.5 Å². The van der Waals surface area contributed by atoms with E-state index in [1.807, 2.05) is 54.2 Å². The van der Waals surface area contributed by atoms with Crippen LogP contribution < -0.4 is 4.74 Å². The van der Waals surface area contributed by atoms with E-state index in [2.05, 4.69) is 5.10 Å². The van der Waals surface area contributed by atoms with Crippen molar-refractivity contribution in [3.8, 4) is 5.75 Å². The summed E-state index contributed by atoms with van der Waals surface area (Å²) >= 11 is 0. The topological polar surface area (TPSA) is 67.1 Å². The van der Waals surface area contributed by atoms with E-state index in [4.69, 9.17) is 4.74 Å². The second-order valence-electron chi connectivity index (χ2n) is 7.95. The van der Waals surface area contributed by atoms with Gasteiger partial charge in [0.1, 0.15) is 18.1 Å². The highest BCUT2D eigenvalue weighted by Gasteiger charge is 2.34. The Morgan fingerprint density at radius 3 is 2.55 bits per heavy atom. The third-order valence-electron chi connectivity index (χ3n) is 5.70. The number of aryl methyl sites for hydroxylation is 1. The Balaban J connectivity index is 1.58. The number of methoxy groups -OCH3 is 1. The number of ether oxygens (including phenoxy) is 1. The predicted molar refractivity (Wildman–Crippen MR) is 123 cm³/mol. The fourth-order valence-corrected chi connectivity index (χ4v) is 3.93. The van der Waals surface area contributed by atoms with Gasteiger partial charge in [-0.05, 0) is 48.0 Å². The van der Waals surface area contributed by atoms with Gasteiger partial charge in [0.2, 0.25) is 0 Å². The molecular formula is C25H25FN4O3. The summed E-state index contributed by atoms with van der Waals surface area (Å²) in [4.78, 5) is 27.3. The van der Waals surface area contributed by atoms with Crippen molar-refractivity contribution in [1.29, 1.82) is 0 Å². The highest BCUT2D eigenvalue weighted by Crippen LogP contribution is 2.33. The summed E-state index contributed by atoms with van der Waals surface area (Å²) in [7, 11) is 5.05. The first kappa shape index (κ1) is 22.3. The van der Waals surface area contributed by atoms with Crippen LogP contribution in [0.15, 0.2) is 72.0 Å². The summed E-state index contributed by atoms with van der Waals surface area (Å²) in [6, 6.07) is 16.5. The van der Waals surface area contributed by atoms with Gasteiger partial charge in [0.05, 0.1) is 24.6 Å². The maximum Gasteiger partial charge on any atom is 0.262 e. The molecule has 33 heavy (non-hydrogen) atoms. The van der Waals surface area contributed by atoms with E-state index in [-0.39, 0.29) is 24.1 Å². The van der Waals surface area contributed by atoms with Crippen LogP contribution in [0.25, 0.3) is 0 Å². The Labute approximate surface area is 191 Å². The van der Waals surface area contributed by atoms with E-state index in [1.165, 1.54) is 35.2 Å². The monoisotopic (exact) mass is 448 g/mol. The quantitative estimate of drug-likeness (QED) is 0.579. The van der Waals surface area contributed by atoms with Crippen molar-refractivity contribution in [3.63, 3.8) is 0 Å². The first-order chi connectivity index (χ1) is 15.9. The van der Waals surface area contributed by atoms with Crippen molar-refractivity contribution in [2.45, 2.75) is 12.5 Å². The molecule has 2 aromatic carbocycles. The van der Waals surface area contributed by atoms with E-state index >= 15 is 0 Å². The van der Waals surface area contributed by atoms with Crippen LogP contribution in [0.1, 0.15) is 34.1 Å². The van der Waals surface area contributed by atoms with Crippen molar-refractivity contribution in [2.24, 2.45) is 12.1 Å². The zero-order valence-electron chi connectivity index (χ0n) is 18.7. The molecular weight excluding hydrogens is 423 g/mol. The molecule has 0 saturated heterocycles. The maximum atomic E-state index is 13.5. The predicted octanol–water partition coefficient (Wildman–Crippen LogP) is 3.62. The molecule has 0 bridgehead atoms. The largest absolute Gasteiger partial charge is 0.497 e. The van der Waals surface area contributed by atoms with Gasteiger partial charge in [-0.2, -0.15) is 5.10 Å². The average Bonchev–Trinajstić information content (AvgIpc) is 3.45. The molecule has 0 spiro atoms. The number of hydrogen-bond acceptors (Lipinski definition) is 4. The molecule has 7 nitrogen and oxygen atoms in total. The molecule has 1 aliphatic heterocycles. The van der Waals surface area contributed by atoms with Crippen LogP contribution in [0.2, 0.25) is 0 Å². The highest BCUT2D eigenvalue weighted by atomic mass is 19.1. The van der Waals surface area contributed by atoms with Crippen LogP contribution in [-0.2, 0) is 11.8 Å². The van der Waals surface area contributed by atoms with E-state index in [0.29, 0.717) is 6.42 Å². The lowest BCUT2D eigenvalue weighted by atomic mass is 10.0. The SMILES string of the molecule is COc1ccc(C2CC(c3cccn3C)=NN2C(=O)CN(C)C(=O)c2cccc(F)c2)cc1. The lowest BCUT2D eigenvalue weighted by Crippen LogP contribution is -2.39. The molecule has 2 amide bonds. The first-order valence-corrected chi connectivity index (χ1v) is 10.5. The molecule has 1 atom stereocenters. The normalized spacial score (nSPS) is 15.3. The van der Waals surface area contributed by atoms with Gasteiger partial charge in [-0.3, -0.25) is 9.59 Å². The minimum absolute atomic E-state index is 0.187. The number of carbonyl (C=O) groups is 2. The van der Waals surface area contributed by atoms with E-state index in [9.17, 15) is 14.0 Å². The smallest absolute Gasteiger partial charge is 0.262 e. The van der Waals surface area contributed by atoms with Crippen molar-refractivity contribution in [2.75, 3.05) is 20.7 Å². The number of aromatic nitrogens is 1. The van der Waals surface area contributed by atoms with Gasteiger partial charge < -0.3 is 14.2 Å². The number of amides is 2. The number of benzene rings is 2. The van der Waals surface area contributed by atoms with Gasteiger partial charge in [0.25, 0.3) is 11.8 Å². The Hall–Kier alpha value is -3.94. The van der Waals surface area contributed by atoms with Crippen LogP contribution in [-0.4, -0.2) is 52.7 Å². The summed E-state index contributed by atoms with van der Waals surface area (Å²) in [6.45, 7) is -0.189. The number of carbonyl (C=O) groups excluding carboxylic acids is 2. The lowest BCUT2D eigenvalue weighted by Gasteiger charge is -2.25. The number of halogens is 1. The lowest BCUT2D eigenvalue weighted by molar-refractivity contribution is -0.133. The molecule has 0 aliphatic carbocycles. The molecule has 2 heterocycles. The zero-order valence-corrected chi connectivity index (χ0v) is 18.7. The van der Waals surface area contributed by atoms with Crippen molar-refractivity contribution >= 4 is 17.5 Å². The summed E-state index contributed by atoms with van der Waals surface area (Å²) in [5.74, 6) is -0.544. The number of rotatable bonds is 6. The molecule has 0 N–H and O–H groups in total. The molecule has 0 saturated carbocycles. The van der Waals surface area contributed by atoms with Gasteiger partial charge in [0.15, 0.2) is 0 Å². The second kappa shape index (κ2) is 9.28. The maximum absolute atomic E-state index is 13.5. The van der Waals surface area contributed by atoms with Crippen LogP contribution in [0, 0.1) is 5.82 Å².